The first kappa shape index (κ1) is 22.6. The number of hydrogen-bond donors (Lipinski definition) is 0. The Balaban J connectivity index is -0.0000000300. The van der Waals surface area contributed by atoms with E-state index in [4.69, 9.17) is 30.6 Å². The molecule has 0 aromatic carbocycles. The van der Waals surface area contributed by atoms with Gasteiger partial charge in [0.1, 0.15) is 0 Å². The van der Waals surface area contributed by atoms with E-state index in [0.29, 0.717) is 0 Å². The quantitative estimate of drug-likeness (QED) is 0.238. The van der Waals surface area contributed by atoms with Crippen LogP contribution in [0.4, 0.5) is 0 Å². The Hall–Kier alpha value is 1.84. The molecule has 0 bridgehead atoms. The number of nitrogens with zero attached hydrogens (tertiary/aromatic N) is 2. The van der Waals surface area contributed by atoms with Crippen LogP contribution in [0, 0.1) is 30.6 Å². The average Bonchev–Trinajstić information content (AvgIpc) is 1.25. The first-order valence-corrected chi connectivity index (χ1v) is 1.10. The van der Waals surface area contributed by atoms with Crippen LogP contribution in [0.3, 0.4) is 0 Å². The Morgan fingerprint density at radius 3 is 0.800 bits per heavy atom. The summed E-state index contributed by atoms with van der Waals surface area (Å²) in [6.07, 6.45) is 0. The molecule has 10 heteroatoms. The van der Waals surface area contributed by atoms with Gasteiger partial charge in [-0.15, -0.1) is 0 Å². The van der Waals surface area contributed by atoms with Crippen molar-refractivity contribution in [3.8, 4) is 0 Å². The fraction of sp³-hybridized carbons (Fsp3) is 0. The van der Waals surface area contributed by atoms with Gasteiger partial charge in [-0.05, 0) is 0 Å². The zero-order chi connectivity index (χ0) is 7.15. The van der Waals surface area contributed by atoms with Crippen molar-refractivity contribution in [2.75, 3.05) is 0 Å². The summed E-state index contributed by atoms with van der Waals surface area (Å²) in [6, 6.07) is 0. The van der Waals surface area contributed by atoms with Gasteiger partial charge in [-0.3, -0.25) is 0 Å². The predicted molar refractivity (Wildman–Crippen MR) is 20.7 cm³/mol. The molecule has 0 aliphatic heterocycles. The van der Waals surface area contributed by atoms with Gasteiger partial charge in [-0.25, -0.2) is 0 Å². The van der Waals surface area contributed by atoms with E-state index in [0.717, 1.165) is 0 Å². The fourth-order valence-corrected chi connectivity index (χ4v) is 0. The van der Waals surface area contributed by atoms with Crippen LogP contribution in [-0.2, 0) is 0 Å². The largest absolute Gasteiger partial charge is 1.00 e. The van der Waals surface area contributed by atoms with Gasteiger partial charge in [0, 0.05) is 0 Å². The Morgan fingerprint density at radius 1 is 0.800 bits per heavy atom. The third-order valence-corrected chi connectivity index (χ3v) is 0. The van der Waals surface area contributed by atoms with E-state index in [-0.39, 0.29) is 110 Å². The normalized spacial score (nSPS) is 4.80. The Kier molecular flexibility index (Phi) is 38.7. The summed E-state index contributed by atoms with van der Waals surface area (Å²) in [7, 11) is 0. The minimum atomic E-state index is -1.75. The number of rotatable bonds is 0. The maximum atomic E-state index is 8.25. The van der Waals surface area contributed by atoms with E-state index in [1.807, 2.05) is 0 Å². The SMILES string of the molecule is O=[N+]([O-])[O-].O=[N+]([O-])[O-].[K+].[Rb+]. The van der Waals surface area contributed by atoms with E-state index in [1.54, 1.807) is 0 Å². The van der Waals surface area contributed by atoms with E-state index in [9.17, 15) is 0 Å². The molecule has 0 rings (SSSR count). The average molecular weight is 249 g/mol. The first-order valence-electron chi connectivity index (χ1n) is 1.10. The molecule has 0 heterocycles. The Bertz CT molecular complexity index is 73.7. The molecule has 0 amide bonds. The van der Waals surface area contributed by atoms with Crippen LogP contribution in [0.2, 0.25) is 0 Å². The van der Waals surface area contributed by atoms with E-state index in [1.165, 1.54) is 0 Å². The van der Waals surface area contributed by atoms with Crippen molar-refractivity contribution in [1.29, 1.82) is 0 Å². The first-order chi connectivity index (χ1) is 3.46. The van der Waals surface area contributed by atoms with Crippen molar-refractivity contribution in [3.05, 3.63) is 30.6 Å². The molecule has 0 saturated heterocycles. The van der Waals surface area contributed by atoms with Crippen molar-refractivity contribution in [2.24, 2.45) is 0 Å². The van der Waals surface area contributed by atoms with Gasteiger partial charge in [0.2, 0.25) is 0 Å². The smallest absolute Gasteiger partial charge is 0.356 e. The summed E-state index contributed by atoms with van der Waals surface area (Å²) in [5.41, 5.74) is 0. The molecule has 10 heavy (non-hydrogen) atoms. The third-order valence-electron chi connectivity index (χ3n) is 0. The molecule has 0 aliphatic carbocycles. The van der Waals surface area contributed by atoms with E-state index < -0.39 is 10.2 Å². The molecule has 0 atom stereocenters. The van der Waals surface area contributed by atoms with Crippen molar-refractivity contribution in [1.82, 2.24) is 0 Å². The van der Waals surface area contributed by atoms with Gasteiger partial charge in [-0.1, -0.05) is 0 Å². The van der Waals surface area contributed by atoms with Gasteiger partial charge in [0.25, 0.3) is 0 Å². The van der Waals surface area contributed by atoms with E-state index in [2.05, 4.69) is 0 Å². The van der Waals surface area contributed by atoms with Crippen molar-refractivity contribution >= 4 is 0 Å². The molecule has 8 nitrogen and oxygen atoms in total. The minimum Gasteiger partial charge on any atom is -0.356 e. The Labute approximate surface area is 146 Å². The summed E-state index contributed by atoms with van der Waals surface area (Å²) < 4.78 is 0. The molecular formula is KN2O6Rb. The molecule has 0 aromatic rings. The standard InChI is InChI=1S/K.2NO3.Rb/c;2*2-1(3)4;/q+1;2*-1;+1. The third kappa shape index (κ3) is 227. The molecule has 0 spiro atoms. The second kappa shape index (κ2) is 17.1. The topological polar surface area (TPSA) is 132 Å². The summed E-state index contributed by atoms with van der Waals surface area (Å²) in [5, 5.41) is 29.5. The molecule has 0 aliphatic rings. The fourth-order valence-electron chi connectivity index (χ4n) is 0. The van der Waals surface area contributed by atoms with Gasteiger partial charge < -0.3 is 30.6 Å². The Morgan fingerprint density at radius 2 is 0.800 bits per heavy atom. The molecule has 0 unspecified atom stereocenters. The van der Waals surface area contributed by atoms with Crippen molar-refractivity contribution in [3.63, 3.8) is 0 Å². The van der Waals surface area contributed by atoms with Crippen LogP contribution in [0.15, 0.2) is 0 Å². The molecule has 0 fully saturated rings. The second-order valence-electron chi connectivity index (χ2n) is 0.447. The van der Waals surface area contributed by atoms with Crippen LogP contribution in [0.5, 0.6) is 0 Å². The zero-order valence-electron chi connectivity index (χ0n) is 5.34. The maximum Gasteiger partial charge on any atom is 1.00 e. The molecular weight excluding hydrogens is 249 g/mol. The molecule has 48 valence electrons. The van der Waals surface area contributed by atoms with Crippen LogP contribution in [-0.4, -0.2) is 10.2 Å². The van der Waals surface area contributed by atoms with Crippen LogP contribution in [0.25, 0.3) is 0 Å². The summed E-state index contributed by atoms with van der Waals surface area (Å²) in [6.45, 7) is 0. The van der Waals surface area contributed by atoms with Gasteiger partial charge in [0.05, 0.1) is 10.2 Å². The molecule has 0 N–H and O–H groups in total. The molecule has 0 aromatic heterocycles. The summed E-state index contributed by atoms with van der Waals surface area (Å²) in [4.78, 5) is 16.5. The van der Waals surface area contributed by atoms with Crippen LogP contribution >= 0.6 is 0 Å². The van der Waals surface area contributed by atoms with E-state index >= 15 is 0 Å². The monoisotopic (exact) mass is 248 g/mol. The second-order valence-corrected chi connectivity index (χ2v) is 0.447. The number of hydrogen-bond acceptors (Lipinski definition) is 6. The summed E-state index contributed by atoms with van der Waals surface area (Å²) >= 11 is 0. The molecule has 0 radical (unpaired) electrons. The zero-order valence-corrected chi connectivity index (χ0v) is 13.4. The van der Waals surface area contributed by atoms with Crippen LogP contribution < -0.4 is 110 Å². The van der Waals surface area contributed by atoms with Crippen molar-refractivity contribution < 1.29 is 120 Å². The van der Waals surface area contributed by atoms with Gasteiger partial charge in [-0.2, -0.15) is 0 Å². The van der Waals surface area contributed by atoms with Crippen LogP contribution in [0.1, 0.15) is 0 Å². The van der Waals surface area contributed by atoms with Gasteiger partial charge >= 0.3 is 110 Å². The minimum absolute atomic E-state index is 0. The van der Waals surface area contributed by atoms with Crippen molar-refractivity contribution in [2.45, 2.75) is 0 Å². The summed E-state index contributed by atoms with van der Waals surface area (Å²) in [5.74, 6) is 0. The molecule has 0 saturated carbocycles. The maximum absolute atomic E-state index is 8.25. The predicted octanol–water partition coefficient (Wildman–Crippen LogP) is -6.47. The van der Waals surface area contributed by atoms with Gasteiger partial charge in [0.15, 0.2) is 0 Å².